The van der Waals surface area contributed by atoms with Crippen molar-refractivity contribution in [1.29, 1.82) is 0 Å². The van der Waals surface area contributed by atoms with Gasteiger partial charge in [-0.2, -0.15) is 0 Å². The van der Waals surface area contributed by atoms with Crippen molar-refractivity contribution in [2.75, 3.05) is 24.5 Å². The molecule has 20 heavy (non-hydrogen) atoms. The van der Waals surface area contributed by atoms with Gasteiger partial charge in [0.15, 0.2) is 0 Å². The number of aromatic nitrogens is 1. The lowest BCUT2D eigenvalue weighted by molar-refractivity contribution is -0.384. The van der Waals surface area contributed by atoms with Crippen molar-refractivity contribution in [3.63, 3.8) is 0 Å². The lowest BCUT2D eigenvalue weighted by Crippen LogP contribution is -2.38. The van der Waals surface area contributed by atoms with Crippen LogP contribution in [0.5, 0.6) is 0 Å². The topological polar surface area (TPSA) is 71.3 Å². The third-order valence-corrected chi connectivity index (χ3v) is 3.58. The van der Waals surface area contributed by atoms with Crippen LogP contribution >= 0.6 is 0 Å². The number of pyridine rings is 1. The molecule has 1 N–H and O–H groups in total. The Bertz CT molecular complexity index is 472. The van der Waals surface area contributed by atoms with Crippen LogP contribution < -0.4 is 10.2 Å². The molecule has 110 valence electrons. The Balaban J connectivity index is 2.25. The number of nitrogens with one attached hydrogen (secondary N) is 1. The highest BCUT2D eigenvalue weighted by molar-refractivity contribution is 5.58. The fourth-order valence-electron chi connectivity index (χ4n) is 2.66. The summed E-state index contributed by atoms with van der Waals surface area (Å²) in [5.74, 6) is 0.496. The van der Waals surface area contributed by atoms with Gasteiger partial charge in [0.25, 0.3) is 0 Å². The third kappa shape index (κ3) is 3.45. The predicted molar refractivity (Wildman–Crippen MR) is 79.2 cm³/mol. The Hall–Kier alpha value is -1.69. The second-order valence-corrected chi connectivity index (χ2v) is 5.35. The monoisotopic (exact) mass is 278 g/mol. The van der Waals surface area contributed by atoms with Crippen LogP contribution in [-0.4, -0.2) is 35.6 Å². The van der Waals surface area contributed by atoms with Gasteiger partial charge in [-0.1, -0.05) is 6.92 Å². The molecule has 0 amide bonds. The van der Waals surface area contributed by atoms with Crippen LogP contribution in [0.3, 0.4) is 0 Å². The second-order valence-electron chi connectivity index (χ2n) is 5.35. The maximum atomic E-state index is 11.2. The van der Waals surface area contributed by atoms with Crippen molar-refractivity contribution in [3.05, 3.63) is 27.9 Å². The van der Waals surface area contributed by atoms with E-state index in [9.17, 15) is 10.1 Å². The number of rotatable bonds is 6. The van der Waals surface area contributed by atoms with E-state index in [0.717, 1.165) is 38.0 Å². The fourth-order valence-corrected chi connectivity index (χ4v) is 2.66. The lowest BCUT2D eigenvalue weighted by atomic mass is 10.2. The molecule has 0 saturated carbocycles. The Kier molecular flexibility index (Phi) is 4.89. The van der Waals surface area contributed by atoms with Gasteiger partial charge in [0.1, 0.15) is 0 Å². The van der Waals surface area contributed by atoms with Gasteiger partial charge in [0.05, 0.1) is 4.92 Å². The summed E-state index contributed by atoms with van der Waals surface area (Å²) in [6, 6.07) is 2.01. The fraction of sp³-hybridized carbons (Fsp3) is 0.643. The van der Waals surface area contributed by atoms with Gasteiger partial charge in [0, 0.05) is 31.4 Å². The van der Waals surface area contributed by atoms with E-state index in [0.29, 0.717) is 11.9 Å². The smallest absolute Gasteiger partial charge is 0.311 e. The molecule has 1 fully saturated rings. The van der Waals surface area contributed by atoms with E-state index >= 15 is 0 Å². The molecule has 2 heterocycles. The van der Waals surface area contributed by atoms with E-state index in [1.54, 1.807) is 12.3 Å². The number of anilines is 1. The van der Waals surface area contributed by atoms with Crippen molar-refractivity contribution >= 4 is 11.5 Å². The normalized spacial score (nSPS) is 18.2. The summed E-state index contributed by atoms with van der Waals surface area (Å²) in [4.78, 5) is 17.3. The molecule has 0 radical (unpaired) electrons. The highest BCUT2D eigenvalue weighted by Gasteiger charge is 2.24. The van der Waals surface area contributed by atoms with E-state index in [1.807, 2.05) is 11.8 Å². The molecular formula is C14H22N4O2. The first-order valence-corrected chi connectivity index (χ1v) is 7.21. The van der Waals surface area contributed by atoms with Crippen LogP contribution in [-0.2, 0) is 0 Å². The molecule has 1 unspecified atom stereocenters. The van der Waals surface area contributed by atoms with Gasteiger partial charge in [-0.15, -0.1) is 0 Å². The van der Waals surface area contributed by atoms with Crippen LogP contribution in [0.1, 0.15) is 31.7 Å². The molecule has 2 rings (SSSR count). The average molecular weight is 278 g/mol. The number of hydrogen-bond acceptors (Lipinski definition) is 5. The molecule has 6 heteroatoms. The van der Waals surface area contributed by atoms with Crippen molar-refractivity contribution in [2.45, 2.75) is 39.2 Å². The molecule has 1 aromatic heterocycles. The Morgan fingerprint density at radius 3 is 3.00 bits per heavy atom. The van der Waals surface area contributed by atoms with Crippen molar-refractivity contribution in [1.82, 2.24) is 10.3 Å². The molecule has 1 aliphatic rings. The lowest BCUT2D eigenvalue weighted by Gasteiger charge is -2.26. The van der Waals surface area contributed by atoms with Gasteiger partial charge >= 0.3 is 5.69 Å². The van der Waals surface area contributed by atoms with E-state index in [-0.39, 0.29) is 10.6 Å². The zero-order valence-corrected chi connectivity index (χ0v) is 12.1. The van der Waals surface area contributed by atoms with Gasteiger partial charge in [-0.25, -0.2) is 4.98 Å². The van der Waals surface area contributed by atoms with E-state index in [1.165, 1.54) is 6.42 Å². The number of hydrogen-bond donors (Lipinski definition) is 1. The minimum atomic E-state index is -0.333. The number of aryl methyl sites for hydroxylation is 1. The first-order chi connectivity index (χ1) is 9.61. The van der Waals surface area contributed by atoms with Gasteiger partial charge < -0.3 is 10.2 Å². The number of nitrogens with zero attached hydrogens (tertiary/aromatic N) is 3. The van der Waals surface area contributed by atoms with Crippen LogP contribution in [0.25, 0.3) is 0 Å². The number of nitro groups is 1. The molecule has 0 spiro atoms. The molecule has 0 bridgehead atoms. The summed E-state index contributed by atoms with van der Waals surface area (Å²) >= 11 is 0. The van der Waals surface area contributed by atoms with Gasteiger partial charge in [-0.05, 0) is 38.3 Å². The maximum absolute atomic E-state index is 11.2. The molecular weight excluding hydrogens is 256 g/mol. The van der Waals surface area contributed by atoms with Gasteiger partial charge in [-0.3, -0.25) is 10.1 Å². The quantitative estimate of drug-likeness (QED) is 0.638. The van der Waals surface area contributed by atoms with Crippen molar-refractivity contribution in [2.24, 2.45) is 0 Å². The van der Waals surface area contributed by atoms with E-state index in [2.05, 4.69) is 17.2 Å². The summed E-state index contributed by atoms with van der Waals surface area (Å²) in [7, 11) is 0. The van der Waals surface area contributed by atoms with E-state index in [4.69, 9.17) is 0 Å². The van der Waals surface area contributed by atoms with Crippen molar-refractivity contribution < 1.29 is 4.92 Å². The zero-order chi connectivity index (χ0) is 14.5. The highest BCUT2D eigenvalue weighted by Crippen LogP contribution is 2.27. The Morgan fingerprint density at radius 1 is 1.60 bits per heavy atom. The van der Waals surface area contributed by atoms with Crippen LogP contribution in [0.15, 0.2) is 12.3 Å². The molecule has 1 aliphatic heterocycles. The van der Waals surface area contributed by atoms with E-state index < -0.39 is 0 Å². The highest BCUT2D eigenvalue weighted by atomic mass is 16.6. The molecule has 1 atom stereocenters. The van der Waals surface area contributed by atoms with Gasteiger partial charge in [0.2, 0.25) is 5.82 Å². The largest absolute Gasteiger partial charge is 0.349 e. The summed E-state index contributed by atoms with van der Waals surface area (Å²) in [5, 5.41) is 14.7. The van der Waals surface area contributed by atoms with Crippen LogP contribution in [0.4, 0.5) is 11.5 Å². The predicted octanol–water partition coefficient (Wildman–Crippen LogP) is 2.27. The first kappa shape index (κ1) is 14.7. The Labute approximate surface area is 119 Å². The minimum absolute atomic E-state index is 0.108. The Morgan fingerprint density at radius 2 is 2.40 bits per heavy atom. The summed E-state index contributed by atoms with van der Waals surface area (Å²) in [6.07, 6.45) is 4.94. The molecule has 6 nitrogen and oxygen atoms in total. The second kappa shape index (κ2) is 6.65. The van der Waals surface area contributed by atoms with Crippen LogP contribution in [0, 0.1) is 17.0 Å². The molecule has 0 aliphatic carbocycles. The standard InChI is InChI=1S/C14H22N4O2/c1-3-7-17(10-12-5-4-6-15-12)14-13(18(19)20)8-11(2)9-16-14/h8-9,12,15H,3-7,10H2,1-2H3. The molecule has 1 aromatic rings. The summed E-state index contributed by atoms with van der Waals surface area (Å²) in [5.41, 5.74) is 0.923. The average Bonchev–Trinajstić information content (AvgIpc) is 2.91. The van der Waals surface area contributed by atoms with Crippen molar-refractivity contribution in [3.8, 4) is 0 Å². The molecule has 0 aromatic carbocycles. The maximum Gasteiger partial charge on any atom is 0.311 e. The van der Waals surface area contributed by atoms with Crippen LogP contribution in [0.2, 0.25) is 0 Å². The summed E-state index contributed by atoms with van der Waals surface area (Å²) in [6.45, 7) is 6.51. The SMILES string of the molecule is CCCN(CC1CCCN1)c1ncc(C)cc1[N+](=O)[O-]. The molecule has 1 saturated heterocycles. The first-order valence-electron chi connectivity index (χ1n) is 7.21. The zero-order valence-electron chi connectivity index (χ0n) is 12.1. The third-order valence-electron chi connectivity index (χ3n) is 3.58. The minimum Gasteiger partial charge on any atom is -0.349 e. The summed E-state index contributed by atoms with van der Waals surface area (Å²) < 4.78 is 0.